The molecule has 0 spiro atoms. The summed E-state index contributed by atoms with van der Waals surface area (Å²) in [5, 5.41) is 19.8. The molecule has 0 radical (unpaired) electrons. The average Bonchev–Trinajstić information content (AvgIpc) is 2.89. The number of rotatable bonds is 5. The van der Waals surface area contributed by atoms with Crippen LogP contribution < -0.4 is 0 Å². The van der Waals surface area contributed by atoms with E-state index in [0.717, 1.165) is 30.5 Å². The topological polar surface area (TPSA) is 84.6 Å². The molecule has 3 aromatic rings. The summed E-state index contributed by atoms with van der Waals surface area (Å²) in [7, 11) is -3.83. The zero-order valence-corrected chi connectivity index (χ0v) is 22.2. The number of aliphatic hydroxyl groups excluding tert-OH is 1. The molecule has 0 aromatic heterocycles. The number of hydrogen-bond acceptors (Lipinski definition) is 5. The molecule has 2 saturated heterocycles. The Bertz CT molecular complexity index is 1430. The highest BCUT2D eigenvalue weighted by atomic mass is 32.2. The molecule has 0 amide bonds. The number of nitrogens with zero attached hydrogens (tertiary/aromatic N) is 3. The molecule has 2 aliphatic rings. The van der Waals surface area contributed by atoms with Crippen LogP contribution in [0.2, 0.25) is 0 Å². The first-order chi connectivity index (χ1) is 17.9. The van der Waals surface area contributed by atoms with Gasteiger partial charge >= 0.3 is 0 Å². The van der Waals surface area contributed by atoms with Crippen molar-refractivity contribution >= 4 is 10.0 Å². The smallest absolute Gasteiger partial charge is 0.244 e. The molecule has 192 valence electrons. The molecule has 2 fully saturated rings. The van der Waals surface area contributed by atoms with Crippen LogP contribution >= 0.6 is 0 Å². The summed E-state index contributed by atoms with van der Waals surface area (Å²) in [6, 6.07) is 23.2. The molecule has 6 nitrogen and oxygen atoms in total. The lowest BCUT2D eigenvalue weighted by Gasteiger charge is -2.57. The van der Waals surface area contributed by atoms with Crippen LogP contribution in [0.3, 0.4) is 0 Å². The van der Waals surface area contributed by atoms with Crippen LogP contribution in [0.4, 0.5) is 0 Å². The molecule has 0 bridgehead atoms. The van der Waals surface area contributed by atoms with Crippen LogP contribution in [-0.2, 0) is 10.0 Å². The number of sulfonamides is 1. The third-order valence-corrected chi connectivity index (χ3v) is 10.1. The third-order valence-electron chi connectivity index (χ3n) is 8.17. The minimum Gasteiger partial charge on any atom is -0.395 e. The molecule has 0 aliphatic carbocycles. The van der Waals surface area contributed by atoms with Gasteiger partial charge in [0.1, 0.15) is 6.07 Å². The van der Waals surface area contributed by atoms with Crippen molar-refractivity contribution in [2.75, 3.05) is 26.2 Å². The number of aryl methyl sites for hydroxylation is 1. The zero-order chi connectivity index (χ0) is 26.2. The Morgan fingerprint density at radius 2 is 1.70 bits per heavy atom. The van der Waals surface area contributed by atoms with Gasteiger partial charge in [-0.1, -0.05) is 54.6 Å². The number of benzene rings is 3. The average molecular weight is 516 g/mol. The Kier molecular flexibility index (Phi) is 7.19. The van der Waals surface area contributed by atoms with E-state index in [-0.39, 0.29) is 35.1 Å². The lowest BCUT2D eigenvalue weighted by molar-refractivity contribution is -0.0553. The van der Waals surface area contributed by atoms with E-state index in [0.29, 0.717) is 13.1 Å². The van der Waals surface area contributed by atoms with E-state index in [1.807, 2.05) is 6.07 Å². The molecule has 3 aromatic carbocycles. The van der Waals surface area contributed by atoms with E-state index >= 15 is 0 Å². The van der Waals surface area contributed by atoms with Crippen molar-refractivity contribution < 1.29 is 13.5 Å². The van der Waals surface area contributed by atoms with E-state index in [9.17, 15) is 18.8 Å². The largest absolute Gasteiger partial charge is 0.395 e. The van der Waals surface area contributed by atoms with Gasteiger partial charge in [0, 0.05) is 31.1 Å². The highest BCUT2D eigenvalue weighted by molar-refractivity contribution is 7.89. The van der Waals surface area contributed by atoms with Gasteiger partial charge in [0.05, 0.1) is 17.1 Å². The van der Waals surface area contributed by atoms with Crippen molar-refractivity contribution in [3.05, 3.63) is 89.0 Å². The van der Waals surface area contributed by atoms with Crippen molar-refractivity contribution in [1.82, 2.24) is 9.21 Å². The van der Waals surface area contributed by atoms with Crippen molar-refractivity contribution in [1.29, 1.82) is 5.26 Å². The minimum absolute atomic E-state index is 0.0275. The molecule has 7 heteroatoms. The van der Waals surface area contributed by atoms with Gasteiger partial charge in [-0.15, -0.1) is 0 Å². The maximum atomic E-state index is 13.7. The Balaban J connectivity index is 1.45. The van der Waals surface area contributed by atoms with Gasteiger partial charge in [-0.05, 0) is 73.2 Å². The Labute approximate surface area is 219 Å². The minimum atomic E-state index is -3.83. The van der Waals surface area contributed by atoms with Crippen LogP contribution in [0.1, 0.15) is 41.0 Å². The van der Waals surface area contributed by atoms with E-state index in [1.165, 1.54) is 22.8 Å². The third kappa shape index (κ3) is 4.60. The summed E-state index contributed by atoms with van der Waals surface area (Å²) in [4.78, 5) is 2.33. The molecule has 37 heavy (non-hydrogen) atoms. The molecule has 3 atom stereocenters. The molecule has 2 heterocycles. The number of nitriles is 1. The van der Waals surface area contributed by atoms with Gasteiger partial charge in [-0.25, -0.2) is 8.42 Å². The van der Waals surface area contributed by atoms with Crippen LogP contribution in [0.5, 0.6) is 0 Å². The molecule has 5 rings (SSSR count). The van der Waals surface area contributed by atoms with Crippen LogP contribution in [0, 0.1) is 25.2 Å². The number of aliphatic hydroxyl groups is 1. The lowest BCUT2D eigenvalue weighted by Crippen LogP contribution is -2.67. The maximum absolute atomic E-state index is 13.7. The number of fused-ring (bicyclic) bond motifs is 1. The highest BCUT2D eigenvalue weighted by Crippen LogP contribution is 2.43. The van der Waals surface area contributed by atoms with E-state index < -0.39 is 10.0 Å². The second-order valence-electron chi connectivity index (χ2n) is 10.1. The lowest BCUT2D eigenvalue weighted by atomic mass is 9.74. The normalized spacial score (nSPS) is 22.8. The first-order valence-corrected chi connectivity index (χ1v) is 14.3. The predicted molar refractivity (Wildman–Crippen MR) is 145 cm³/mol. The van der Waals surface area contributed by atoms with E-state index in [4.69, 9.17) is 0 Å². The molecular weight excluding hydrogens is 482 g/mol. The monoisotopic (exact) mass is 515 g/mol. The highest BCUT2D eigenvalue weighted by Gasteiger charge is 2.50. The van der Waals surface area contributed by atoms with Crippen molar-refractivity contribution in [3.63, 3.8) is 0 Å². The fourth-order valence-electron chi connectivity index (χ4n) is 6.00. The Morgan fingerprint density at radius 3 is 2.43 bits per heavy atom. The Morgan fingerprint density at radius 1 is 0.973 bits per heavy atom. The molecule has 1 unspecified atom stereocenters. The summed E-state index contributed by atoms with van der Waals surface area (Å²) in [6.45, 7) is 5.89. The standard InChI is InChI=1S/C30H33N3O3S/c1-21-8-7-10-26(22(21)2)23-12-14-24(15-13-23)30-27-19-32(16-5-6-17-33(27)28(30)20-34)37(35,36)29-11-4-3-9-25(29)18-31/h3-4,7-15,27-28,30,34H,5-6,16-17,19-20H2,1-2H3/t27?,28-,30+/m1/s1. The van der Waals surface area contributed by atoms with Gasteiger partial charge in [0.2, 0.25) is 10.0 Å². The second kappa shape index (κ2) is 10.4. The van der Waals surface area contributed by atoms with Gasteiger partial charge in [0.25, 0.3) is 0 Å². The SMILES string of the molecule is Cc1cccc(-c2ccc([C@H]3C4CN(S(=O)(=O)c5ccccc5C#N)CCCCN4[C@@H]3CO)cc2)c1C. The second-order valence-corrected chi connectivity index (χ2v) is 12.0. The van der Waals surface area contributed by atoms with E-state index in [1.54, 1.807) is 22.5 Å². The summed E-state index contributed by atoms with van der Waals surface area (Å²) >= 11 is 0. The number of hydrogen-bond donors (Lipinski definition) is 1. The van der Waals surface area contributed by atoms with Crippen molar-refractivity contribution in [3.8, 4) is 17.2 Å². The quantitative estimate of drug-likeness (QED) is 0.543. The zero-order valence-electron chi connectivity index (χ0n) is 21.3. The molecule has 2 aliphatic heterocycles. The maximum Gasteiger partial charge on any atom is 0.244 e. The summed E-state index contributed by atoms with van der Waals surface area (Å²) < 4.78 is 28.9. The molecule has 1 N–H and O–H groups in total. The van der Waals surface area contributed by atoms with Gasteiger partial charge < -0.3 is 5.11 Å². The van der Waals surface area contributed by atoms with E-state index in [2.05, 4.69) is 61.2 Å². The van der Waals surface area contributed by atoms with Crippen LogP contribution in [-0.4, -0.2) is 61.1 Å². The predicted octanol–water partition coefficient (Wildman–Crippen LogP) is 4.46. The molecule has 0 saturated carbocycles. The van der Waals surface area contributed by atoms with Gasteiger partial charge in [-0.2, -0.15) is 9.57 Å². The van der Waals surface area contributed by atoms with Crippen LogP contribution in [0.15, 0.2) is 71.6 Å². The van der Waals surface area contributed by atoms with Crippen molar-refractivity contribution in [2.45, 2.75) is 49.6 Å². The summed E-state index contributed by atoms with van der Waals surface area (Å²) in [6.07, 6.45) is 1.60. The Hall–Kier alpha value is -3.02. The molecular formula is C30H33N3O3S. The first-order valence-electron chi connectivity index (χ1n) is 12.9. The van der Waals surface area contributed by atoms with Crippen LogP contribution in [0.25, 0.3) is 11.1 Å². The summed E-state index contributed by atoms with van der Waals surface area (Å²) in [5.41, 5.74) is 6.16. The van der Waals surface area contributed by atoms with Crippen molar-refractivity contribution in [2.24, 2.45) is 0 Å². The summed E-state index contributed by atoms with van der Waals surface area (Å²) in [5.74, 6) is 0.0275. The first kappa shape index (κ1) is 25.6. The fraction of sp³-hybridized carbons (Fsp3) is 0.367. The fourth-order valence-corrected chi connectivity index (χ4v) is 7.64. The van der Waals surface area contributed by atoms with Gasteiger partial charge in [0.15, 0.2) is 0 Å². The van der Waals surface area contributed by atoms with Gasteiger partial charge in [-0.3, -0.25) is 4.90 Å².